The van der Waals surface area contributed by atoms with Crippen molar-refractivity contribution < 1.29 is 0 Å². The molecule has 5 heteroatoms. The topological polar surface area (TPSA) is 46.8 Å². The van der Waals surface area contributed by atoms with Gasteiger partial charge in [0.15, 0.2) is 11.6 Å². The van der Waals surface area contributed by atoms with Gasteiger partial charge in [0, 0.05) is 50.2 Å². The molecule has 5 nitrogen and oxygen atoms in total. The molecule has 8 aromatic rings. The molecule has 56 heavy (non-hydrogen) atoms. The minimum Gasteiger partial charge on any atom is -0.312 e. The van der Waals surface area contributed by atoms with Crippen molar-refractivity contribution in [2.75, 3.05) is 4.90 Å². The molecule has 0 radical (unpaired) electrons. The van der Waals surface area contributed by atoms with E-state index in [4.69, 9.17) is 15.0 Å². The van der Waals surface area contributed by atoms with Gasteiger partial charge in [-0.3, -0.25) is 4.57 Å². The fourth-order valence-corrected chi connectivity index (χ4v) is 9.66. The first-order valence-corrected chi connectivity index (χ1v) is 19.5. The highest BCUT2D eigenvalue weighted by Gasteiger charge is 2.44. The van der Waals surface area contributed by atoms with E-state index in [2.05, 4.69) is 167 Å². The molecule has 4 aliphatic rings. The largest absolute Gasteiger partial charge is 0.312 e. The number of allylic oxidation sites excluding steroid dienone is 8. The van der Waals surface area contributed by atoms with Gasteiger partial charge in [-0.25, -0.2) is 4.98 Å². The van der Waals surface area contributed by atoms with Gasteiger partial charge in [0.25, 0.3) is 0 Å². The second-order valence-electron chi connectivity index (χ2n) is 15.0. The number of hydrogen-bond donors (Lipinski definition) is 0. The maximum Gasteiger partial charge on any atom is 0.238 e. The third-order valence-electron chi connectivity index (χ3n) is 12.0. The summed E-state index contributed by atoms with van der Waals surface area (Å²) < 4.78 is 2.31. The van der Waals surface area contributed by atoms with Gasteiger partial charge in [-0.1, -0.05) is 158 Å². The summed E-state index contributed by atoms with van der Waals surface area (Å²) in [5.74, 6) is 2.36. The molecule has 0 saturated carbocycles. The smallest absolute Gasteiger partial charge is 0.238 e. The highest BCUT2D eigenvalue weighted by Crippen LogP contribution is 2.58. The van der Waals surface area contributed by atoms with Crippen molar-refractivity contribution in [2.45, 2.75) is 18.8 Å². The molecule has 0 saturated heterocycles. The second-order valence-corrected chi connectivity index (χ2v) is 15.0. The summed E-state index contributed by atoms with van der Waals surface area (Å²) in [5.41, 5.74) is 10.7. The maximum absolute atomic E-state index is 5.36. The van der Waals surface area contributed by atoms with Crippen molar-refractivity contribution in [1.82, 2.24) is 19.5 Å². The lowest BCUT2D eigenvalue weighted by atomic mass is 9.74. The van der Waals surface area contributed by atoms with Gasteiger partial charge < -0.3 is 4.90 Å². The number of para-hydroxylation sites is 1. The minimum absolute atomic E-state index is 0.138. The highest BCUT2D eigenvalue weighted by molar-refractivity contribution is 6.24. The van der Waals surface area contributed by atoms with Gasteiger partial charge in [0.1, 0.15) is 0 Å². The van der Waals surface area contributed by atoms with Crippen LogP contribution in [0.15, 0.2) is 176 Å². The third kappa shape index (κ3) is 4.51. The van der Waals surface area contributed by atoms with E-state index in [0.717, 1.165) is 51.9 Å². The van der Waals surface area contributed by atoms with E-state index in [9.17, 15) is 0 Å². The van der Waals surface area contributed by atoms with Crippen LogP contribution < -0.4 is 15.3 Å². The molecule has 3 heterocycles. The Hall–Kier alpha value is -7.11. The molecule has 0 N–H and O–H groups in total. The predicted molar refractivity (Wildman–Crippen MR) is 229 cm³/mol. The van der Waals surface area contributed by atoms with Crippen LogP contribution in [0.2, 0.25) is 0 Å². The molecule has 264 valence electrons. The number of nitrogens with zero attached hydrogens (tertiary/aromatic N) is 5. The zero-order valence-electron chi connectivity index (χ0n) is 30.5. The first-order valence-electron chi connectivity index (χ1n) is 19.5. The maximum atomic E-state index is 5.36. The van der Waals surface area contributed by atoms with Crippen molar-refractivity contribution in [3.8, 4) is 17.3 Å². The molecule has 12 rings (SSSR count). The quantitative estimate of drug-likeness (QED) is 0.182. The van der Waals surface area contributed by atoms with Crippen molar-refractivity contribution >= 4 is 60.8 Å². The van der Waals surface area contributed by atoms with E-state index in [1.165, 1.54) is 49.1 Å². The zero-order valence-corrected chi connectivity index (χ0v) is 30.5. The Labute approximate surface area is 323 Å². The number of fused-ring (bicyclic) bond motifs is 12. The molecule has 2 unspecified atom stereocenters. The van der Waals surface area contributed by atoms with Crippen molar-refractivity contribution in [1.29, 1.82) is 0 Å². The molecular weight excluding hydrogens is 683 g/mol. The van der Waals surface area contributed by atoms with Gasteiger partial charge >= 0.3 is 0 Å². The van der Waals surface area contributed by atoms with Crippen molar-refractivity contribution in [2.24, 2.45) is 5.92 Å². The molecule has 0 bridgehead atoms. The summed E-state index contributed by atoms with van der Waals surface area (Å²) in [5, 5.41) is 7.31. The molecular formula is C51H35N5. The summed E-state index contributed by atoms with van der Waals surface area (Å²) in [6, 6.07) is 48.2. The van der Waals surface area contributed by atoms with Crippen LogP contribution in [0.4, 0.5) is 11.4 Å². The van der Waals surface area contributed by atoms with E-state index in [1.54, 1.807) is 0 Å². The molecule has 6 aromatic carbocycles. The van der Waals surface area contributed by atoms with Crippen LogP contribution >= 0.6 is 0 Å². The van der Waals surface area contributed by atoms with Crippen LogP contribution in [0.1, 0.15) is 30.1 Å². The Morgan fingerprint density at radius 3 is 2.27 bits per heavy atom. The SMILES string of the molecule is C1=CCCC(c2nc(-c3ccccc3)nc(-n3c4ccc5c(c4c4ccc6ccccc6c43)N(c3ccccc3)C3=c4ccccc4=C4C=CC=CC4C35)n2)=C1. The summed E-state index contributed by atoms with van der Waals surface area (Å²) in [6.07, 6.45) is 17.5. The molecule has 1 aliphatic heterocycles. The van der Waals surface area contributed by atoms with Crippen LogP contribution in [0.25, 0.3) is 66.8 Å². The van der Waals surface area contributed by atoms with Crippen LogP contribution in [0, 0.1) is 5.92 Å². The molecule has 3 aliphatic carbocycles. The number of benzene rings is 6. The lowest BCUT2D eigenvalue weighted by Crippen LogP contribution is -2.40. The van der Waals surface area contributed by atoms with Gasteiger partial charge in [0.2, 0.25) is 5.95 Å². The first kappa shape index (κ1) is 31.3. The van der Waals surface area contributed by atoms with Crippen LogP contribution in [0.5, 0.6) is 0 Å². The average Bonchev–Trinajstić information content (AvgIpc) is 3.81. The van der Waals surface area contributed by atoms with Crippen LogP contribution in [0.3, 0.4) is 0 Å². The van der Waals surface area contributed by atoms with Crippen molar-refractivity contribution in [3.63, 3.8) is 0 Å². The number of aromatic nitrogens is 4. The lowest BCUT2D eigenvalue weighted by molar-refractivity contribution is 0.734. The number of rotatable bonds is 4. The molecule has 0 amide bonds. The molecule has 2 aromatic heterocycles. The van der Waals surface area contributed by atoms with Crippen LogP contribution in [-0.4, -0.2) is 19.5 Å². The van der Waals surface area contributed by atoms with E-state index < -0.39 is 0 Å². The van der Waals surface area contributed by atoms with Crippen molar-refractivity contribution in [3.05, 3.63) is 198 Å². The molecule has 0 fully saturated rings. The average molecular weight is 718 g/mol. The predicted octanol–water partition coefficient (Wildman–Crippen LogP) is 10.5. The fourth-order valence-electron chi connectivity index (χ4n) is 9.66. The number of anilines is 2. The normalized spacial score (nSPS) is 18.0. The fraction of sp³-hybridized carbons (Fsp3) is 0.0784. The third-order valence-corrected chi connectivity index (χ3v) is 12.0. The van der Waals surface area contributed by atoms with Gasteiger partial charge in [-0.2, -0.15) is 9.97 Å². The lowest BCUT2D eigenvalue weighted by Gasteiger charge is -2.32. The summed E-state index contributed by atoms with van der Waals surface area (Å²) in [7, 11) is 0. The second kappa shape index (κ2) is 12.2. The van der Waals surface area contributed by atoms with E-state index in [-0.39, 0.29) is 11.8 Å². The van der Waals surface area contributed by atoms with Gasteiger partial charge in [-0.15, -0.1) is 0 Å². The summed E-state index contributed by atoms with van der Waals surface area (Å²) in [6.45, 7) is 0. The Balaban J connectivity index is 1.24. The Bertz CT molecular complexity index is 3200. The van der Waals surface area contributed by atoms with E-state index in [1.807, 2.05) is 18.2 Å². The zero-order chi connectivity index (χ0) is 36.7. The van der Waals surface area contributed by atoms with Gasteiger partial charge in [-0.05, 0) is 58.4 Å². The monoisotopic (exact) mass is 717 g/mol. The Morgan fingerprint density at radius 2 is 1.41 bits per heavy atom. The Morgan fingerprint density at radius 1 is 0.625 bits per heavy atom. The number of hydrogen-bond acceptors (Lipinski definition) is 4. The van der Waals surface area contributed by atoms with E-state index >= 15 is 0 Å². The Kier molecular flexibility index (Phi) is 6.81. The minimum atomic E-state index is 0.138. The summed E-state index contributed by atoms with van der Waals surface area (Å²) in [4.78, 5) is 18.4. The molecule has 2 atom stereocenters. The summed E-state index contributed by atoms with van der Waals surface area (Å²) >= 11 is 0. The first-order chi connectivity index (χ1) is 27.8. The molecule has 0 spiro atoms. The standard InChI is InChI=1S/C51H35N5/c1-4-17-33(18-5-1)49-52-50(34-19-6-2-7-20-34)54-51(53-49)56-43-31-30-41-44-39-26-14-12-24-37(39)38-25-13-15-27-40(38)47(44)55(35-21-8-3-9-22-35)48(41)45(43)42-29-28-32-16-10-11-23-36(32)46(42)56/h1-6,8-19,21-31,39,44H,7,20H2. The van der Waals surface area contributed by atoms with Crippen LogP contribution in [-0.2, 0) is 0 Å². The van der Waals surface area contributed by atoms with Gasteiger partial charge in [0.05, 0.1) is 16.7 Å². The van der Waals surface area contributed by atoms with E-state index in [0.29, 0.717) is 11.8 Å². The highest BCUT2D eigenvalue weighted by atomic mass is 15.2.